The maximum absolute atomic E-state index is 3.53. The smallest absolute Gasteiger partial charge is 0.0233 e. The Hall–Kier alpha value is -1.09. The lowest BCUT2D eigenvalue weighted by atomic mass is 9.98. The van der Waals surface area contributed by atoms with Crippen LogP contribution in [0.3, 0.4) is 0 Å². The Balaban J connectivity index is 0.00000176. The number of hydrogen-bond acceptors (Lipinski definition) is 2. The van der Waals surface area contributed by atoms with Crippen molar-refractivity contribution in [2.24, 2.45) is 5.92 Å². The van der Waals surface area contributed by atoms with Crippen LogP contribution >= 0.6 is 12.4 Å². The highest BCUT2D eigenvalue weighted by Crippen LogP contribution is 2.18. The number of benzene rings is 2. The molecule has 0 aliphatic carbocycles. The number of fused-ring (bicyclic) bond motifs is 1. The molecule has 120 valence electrons. The van der Waals surface area contributed by atoms with Crippen LogP contribution in [0.1, 0.15) is 25.3 Å². The molecule has 3 rings (SSSR count). The molecule has 1 fully saturated rings. The molecule has 1 aliphatic rings. The van der Waals surface area contributed by atoms with E-state index in [2.05, 4.69) is 59.6 Å². The van der Waals surface area contributed by atoms with Crippen molar-refractivity contribution in [1.29, 1.82) is 0 Å². The van der Waals surface area contributed by atoms with Gasteiger partial charge < -0.3 is 5.32 Å². The molecule has 0 amide bonds. The summed E-state index contributed by atoms with van der Waals surface area (Å²) >= 11 is 0. The van der Waals surface area contributed by atoms with Gasteiger partial charge in [0.15, 0.2) is 0 Å². The fourth-order valence-electron chi connectivity index (χ4n) is 3.35. The summed E-state index contributed by atoms with van der Waals surface area (Å²) in [7, 11) is 0. The van der Waals surface area contributed by atoms with E-state index in [0.29, 0.717) is 0 Å². The number of hydrogen-bond donors (Lipinski definition) is 1. The van der Waals surface area contributed by atoms with Gasteiger partial charge in [-0.2, -0.15) is 0 Å². The van der Waals surface area contributed by atoms with E-state index in [1.54, 1.807) is 0 Å². The second-order valence-electron chi connectivity index (χ2n) is 6.22. The quantitative estimate of drug-likeness (QED) is 0.893. The zero-order valence-corrected chi connectivity index (χ0v) is 14.2. The zero-order chi connectivity index (χ0) is 14.5. The Kier molecular flexibility index (Phi) is 6.69. The minimum atomic E-state index is 0. The van der Waals surface area contributed by atoms with E-state index in [9.17, 15) is 0 Å². The van der Waals surface area contributed by atoms with Gasteiger partial charge in [0.1, 0.15) is 0 Å². The second-order valence-corrected chi connectivity index (χ2v) is 6.22. The van der Waals surface area contributed by atoms with Crippen molar-refractivity contribution in [2.75, 3.05) is 26.2 Å². The van der Waals surface area contributed by atoms with Crippen LogP contribution in [-0.2, 0) is 6.54 Å². The van der Waals surface area contributed by atoms with Crippen LogP contribution in [0.25, 0.3) is 10.8 Å². The summed E-state index contributed by atoms with van der Waals surface area (Å²) in [5.74, 6) is 0.819. The van der Waals surface area contributed by atoms with Crippen LogP contribution in [0, 0.1) is 5.92 Å². The summed E-state index contributed by atoms with van der Waals surface area (Å²) < 4.78 is 0. The summed E-state index contributed by atoms with van der Waals surface area (Å²) in [5, 5.41) is 6.21. The third-order valence-corrected chi connectivity index (χ3v) is 4.58. The highest BCUT2D eigenvalue weighted by molar-refractivity contribution is 5.85. The molecular formula is C19H27ClN2. The minimum Gasteiger partial charge on any atom is -0.316 e. The van der Waals surface area contributed by atoms with Gasteiger partial charge >= 0.3 is 0 Å². The monoisotopic (exact) mass is 318 g/mol. The van der Waals surface area contributed by atoms with Crippen LogP contribution in [-0.4, -0.2) is 31.1 Å². The SMILES string of the molecule is CCN(Cc1ccc2ccccc2c1)CC1CCCNC1.Cl. The highest BCUT2D eigenvalue weighted by Gasteiger charge is 2.16. The first-order chi connectivity index (χ1) is 10.3. The largest absolute Gasteiger partial charge is 0.316 e. The van der Waals surface area contributed by atoms with E-state index >= 15 is 0 Å². The van der Waals surface area contributed by atoms with Crippen molar-refractivity contribution in [3.63, 3.8) is 0 Å². The third kappa shape index (κ3) is 4.45. The molecule has 22 heavy (non-hydrogen) atoms. The van der Waals surface area contributed by atoms with Crippen molar-refractivity contribution >= 4 is 23.2 Å². The van der Waals surface area contributed by atoms with Crippen LogP contribution in [0.15, 0.2) is 42.5 Å². The molecule has 1 heterocycles. The maximum atomic E-state index is 3.53. The summed E-state index contributed by atoms with van der Waals surface area (Å²) in [6, 6.07) is 15.5. The molecule has 0 radical (unpaired) electrons. The molecule has 2 aromatic rings. The Bertz CT molecular complexity index is 578. The number of rotatable bonds is 5. The number of nitrogens with one attached hydrogen (secondary N) is 1. The van der Waals surface area contributed by atoms with E-state index in [4.69, 9.17) is 0 Å². The molecule has 0 spiro atoms. The molecule has 1 unspecified atom stereocenters. The Morgan fingerprint density at radius 2 is 1.95 bits per heavy atom. The standard InChI is InChI=1S/C19H26N2.ClH/c1-2-21(15-17-6-5-11-20-13-17)14-16-9-10-18-7-3-4-8-19(18)12-16;/h3-4,7-10,12,17,20H,2,5-6,11,13-15H2,1H3;1H. The topological polar surface area (TPSA) is 15.3 Å². The van der Waals surface area contributed by atoms with E-state index in [0.717, 1.165) is 19.0 Å². The predicted octanol–water partition coefficient (Wildman–Crippen LogP) is 4.08. The molecule has 2 nitrogen and oxygen atoms in total. The number of halogens is 1. The molecule has 0 saturated carbocycles. The average molecular weight is 319 g/mol. The van der Waals surface area contributed by atoms with Gasteiger partial charge in [-0.1, -0.05) is 43.3 Å². The first kappa shape index (κ1) is 17.3. The summed E-state index contributed by atoms with van der Waals surface area (Å²) in [4.78, 5) is 2.59. The highest BCUT2D eigenvalue weighted by atomic mass is 35.5. The van der Waals surface area contributed by atoms with Crippen LogP contribution in [0.4, 0.5) is 0 Å². The molecule has 1 N–H and O–H groups in total. The number of nitrogens with zero attached hydrogens (tertiary/aromatic N) is 1. The van der Waals surface area contributed by atoms with E-state index in [-0.39, 0.29) is 12.4 Å². The Morgan fingerprint density at radius 1 is 1.14 bits per heavy atom. The number of piperidine rings is 1. The molecule has 1 saturated heterocycles. The normalized spacial score (nSPS) is 18.4. The minimum absolute atomic E-state index is 0. The molecular weight excluding hydrogens is 292 g/mol. The average Bonchev–Trinajstić information content (AvgIpc) is 2.55. The van der Waals surface area contributed by atoms with E-state index in [1.165, 1.54) is 48.8 Å². The maximum Gasteiger partial charge on any atom is 0.0233 e. The van der Waals surface area contributed by atoms with Crippen molar-refractivity contribution < 1.29 is 0 Å². The zero-order valence-electron chi connectivity index (χ0n) is 13.4. The summed E-state index contributed by atoms with van der Waals surface area (Å²) in [6.07, 6.45) is 2.71. The summed E-state index contributed by atoms with van der Waals surface area (Å²) in [5.41, 5.74) is 1.43. The van der Waals surface area contributed by atoms with Gasteiger partial charge in [-0.05, 0) is 60.8 Å². The first-order valence-corrected chi connectivity index (χ1v) is 8.26. The summed E-state index contributed by atoms with van der Waals surface area (Å²) in [6.45, 7) is 8.08. The molecule has 0 bridgehead atoms. The van der Waals surface area contributed by atoms with Crippen molar-refractivity contribution in [3.8, 4) is 0 Å². The van der Waals surface area contributed by atoms with E-state index in [1.807, 2.05) is 0 Å². The lowest BCUT2D eigenvalue weighted by Gasteiger charge is -2.29. The van der Waals surface area contributed by atoms with E-state index < -0.39 is 0 Å². The van der Waals surface area contributed by atoms with Gasteiger partial charge in [-0.3, -0.25) is 4.90 Å². The molecule has 2 aromatic carbocycles. The predicted molar refractivity (Wildman–Crippen MR) is 97.7 cm³/mol. The third-order valence-electron chi connectivity index (χ3n) is 4.58. The van der Waals surface area contributed by atoms with Gasteiger partial charge in [0.2, 0.25) is 0 Å². The van der Waals surface area contributed by atoms with Crippen LogP contribution < -0.4 is 5.32 Å². The molecule has 1 atom stereocenters. The van der Waals surface area contributed by atoms with Crippen LogP contribution in [0.5, 0.6) is 0 Å². The van der Waals surface area contributed by atoms with Gasteiger partial charge in [0.05, 0.1) is 0 Å². The second kappa shape index (κ2) is 8.52. The van der Waals surface area contributed by atoms with Crippen molar-refractivity contribution in [3.05, 3.63) is 48.0 Å². The molecule has 3 heteroatoms. The van der Waals surface area contributed by atoms with Crippen molar-refractivity contribution in [2.45, 2.75) is 26.3 Å². The lowest BCUT2D eigenvalue weighted by Crippen LogP contribution is -2.38. The van der Waals surface area contributed by atoms with Gasteiger partial charge in [0, 0.05) is 13.1 Å². The molecule has 0 aromatic heterocycles. The van der Waals surface area contributed by atoms with Crippen molar-refractivity contribution in [1.82, 2.24) is 10.2 Å². The van der Waals surface area contributed by atoms with Gasteiger partial charge in [0.25, 0.3) is 0 Å². The Morgan fingerprint density at radius 3 is 2.68 bits per heavy atom. The lowest BCUT2D eigenvalue weighted by molar-refractivity contribution is 0.210. The van der Waals surface area contributed by atoms with Crippen LogP contribution in [0.2, 0.25) is 0 Å². The Labute approximate surface area is 140 Å². The van der Waals surface area contributed by atoms with Gasteiger partial charge in [-0.25, -0.2) is 0 Å². The fraction of sp³-hybridized carbons (Fsp3) is 0.474. The van der Waals surface area contributed by atoms with Gasteiger partial charge in [-0.15, -0.1) is 12.4 Å². The molecule has 1 aliphatic heterocycles. The first-order valence-electron chi connectivity index (χ1n) is 8.26. The fourth-order valence-corrected chi connectivity index (χ4v) is 3.35.